The van der Waals surface area contributed by atoms with Crippen LogP contribution in [-0.4, -0.2) is 57.0 Å². The predicted octanol–water partition coefficient (Wildman–Crippen LogP) is 3.18. The van der Waals surface area contributed by atoms with Gasteiger partial charge in [-0.25, -0.2) is 13.5 Å². The predicted molar refractivity (Wildman–Crippen MR) is 109 cm³/mol. The van der Waals surface area contributed by atoms with Crippen molar-refractivity contribution in [1.29, 1.82) is 0 Å². The van der Waals surface area contributed by atoms with Gasteiger partial charge in [-0.15, -0.1) is 5.10 Å². The molecule has 0 atom stereocenters. The van der Waals surface area contributed by atoms with Crippen LogP contribution in [0.5, 0.6) is 0 Å². The lowest BCUT2D eigenvalue weighted by atomic mass is 10.0. The second kappa shape index (κ2) is 8.06. The fourth-order valence-corrected chi connectivity index (χ4v) is 3.96. The Kier molecular flexibility index (Phi) is 5.46. The molecule has 1 aromatic carbocycles. The number of fused-ring (bicyclic) bond motifs is 1. The first-order chi connectivity index (χ1) is 14.4. The summed E-state index contributed by atoms with van der Waals surface area (Å²) < 4.78 is 30.8. The minimum atomic E-state index is -1.20. The Balaban J connectivity index is 1.63. The lowest BCUT2D eigenvalue weighted by molar-refractivity contribution is 0.0958. The van der Waals surface area contributed by atoms with Crippen molar-refractivity contribution in [3.05, 3.63) is 41.6 Å². The smallest absolute Gasteiger partial charge is 0.254 e. The molecule has 1 amide bonds. The van der Waals surface area contributed by atoms with Crippen LogP contribution in [0.15, 0.2) is 24.4 Å². The maximum Gasteiger partial charge on any atom is 0.254 e. The maximum absolute atomic E-state index is 14.6. The van der Waals surface area contributed by atoms with Crippen LogP contribution in [0.4, 0.5) is 8.78 Å². The molecule has 9 heteroatoms. The third-order valence-electron chi connectivity index (χ3n) is 5.76. The lowest BCUT2D eigenvalue weighted by Crippen LogP contribution is -2.39. The van der Waals surface area contributed by atoms with Crippen molar-refractivity contribution in [1.82, 2.24) is 30.2 Å². The molecule has 0 bridgehead atoms. The average Bonchev–Trinajstić information content (AvgIpc) is 3.18. The largest absolute Gasteiger partial charge is 0.355 e. The Morgan fingerprint density at radius 3 is 2.60 bits per heavy atom. The van der Waals surface area contributed by atoms with Gasteiger partial charge in [-0.3, -0.25) is 9.78 Å². The highest BCUT2D eigenvalue weighted by atomic mass is 19.2. The highest BCUT2D eigenvalue weighted by Crippen LogP contribution is 2.29. The van der Waals surface area contributed by atoms with E-state index in [-0.39, 0.29) is 22.9 Å². The molecule has 1 aliphatic rings. The van der Waals surface area contributed by atoms with Gasteiger partial charge in [0, 0.05) is 31.7 Å². The first kappa shape index (κ1) is 20.3. The molecule has 3 heterocycles. The number of nitrogens with one attached hydrogen (secondary N) is 1. The zero-order valence-electron chi connectivity index (χ0n) is 17.2. The fraction of sp³-hybridized carbons (Fsp3) is 0.429. The summed E-state index contributed by atoms with van der Waals surface area (Å²) in [7, 11) is 1.36. The van der Waals surface area contributed by atoms with E-state index < -0.39 is 17.5 Å². The Labute approximate surface area is 173 Å². The van der Waals surface area contributed by atoms with E-state index in [4.69, 9.17) is 0 Å². The van der Waals surface area contributed by atoms with Crippen molar-refractivity contribution >= 4 is 16.9 Å². The summed E-state index contributed by atoms with van der Waals surface area (Å²) in [6, 6.07) is 4.95. The second-order valence-corrected chi connectivity index (χ2v) is 7.82. The van der Waals surface area contributed by atoms with Crippen LogP contribution in [-0.2, 0) is 0 Å². The zero-order chi connectivity index (χ0) is 21.4. The third kappa shape index (κ3) is 3.54. The Hall–Kier alpha value is -2.94. The molecule has 30 heavy (non-hydrogen) atoms. The van der Waals surface area contributed by atoms with Gasteiger partial charge in [-0.05, 0) is 44.9 Å². The van der Waals surface area contributed by atoms with Crippen molar-refractivity contribution in [3.63, 3.8) is 0 Å². The van der Waals surface area contributed by atoms with Gasteiger partial charge in [0.1, 0.15) is 11.0 Å². The number of hydrogen-bond acceptors (Lipinski definition) is 5. The van der Waals surface area contributed by atoms with E-state index in [0.717, 1.165) is 31.4 Å². The van der Waals surface area contributed by atoms with Gasteiger partial charge in [0.05, 0.1) is 23.5 Å². The molecule has 0 saturated carbocycles. The first-order valence-electron chi connectivity index (χ1n) is 10.1. The van der Waals surface area contributed by atoms with Crippen molar-refractivity contribution in [3.8, 4) is 11.3 Å². The average molecular weight is 414 g/mol. The van der Waals surface area contributed by atoms with Gasteiger partial charge in [-0.1, -0.05) is 5.21 Å². The normalized spacial score (nSPS) is 15.8. The topological polar surface area (TPSA) is 75.9 Å². The minimum Gasteiger partial charge on any atom is -0.355 e. The number of halogens is 2. The molecule has 3 aromatic rings. The van der Waals surface area contributed by atoms with Crippen LogP contribution in [0.2, 0.25) is 0 Å². The number of pyridine rings is 1. The molecule has 0 radical (unpaired) electrons. The summed E-state index contributed by atoms with van der Waals surface area (Å²) in [5.41, 5.74) is 1.20. The molecule has 0 aliphatic carbocycles. The molecular formula is C21H24F2N6O. The van der Waals surface area contributed by atoms with Crippen LogP contribution in [0.25, 0.3) is 22.3 Å². The van der Waals surface area contributed by atoms with Crippen molar-refractivity contribution < 1.29 is 13.6 Å². The van der Waals surface area contributed by atoms with Crippen molar-refractivity contribution in [2.24, 2.45) is 0 Å². The Bertz CT molecular complexity index is 1090. The summed E-state index contributed by atoms with van der Waals surface area (Å²) in [5.74, 6) is -3.00. The van der Waals surface area contributed by atoms with E-state index in [1.165, 1.54) is 19.2 Å². The molecule has 1 fully saturated rings. The molecule has 0 unspecified atom stereocenters. The molecule has 1 N–H and O–H groups in total. The fourth-order valence-electron chi connectivity index (χ4n) is 3.96. The monoisotopic (exact) mass is 414 g/mol. The number of nitrogens with zero attached hydrogens (tertiary/aromatic N) is 5. The van der Waals surface area contributed by atoms with Crippen LogP contribution in [0.1, 0.15) is 43.1 Å². The highest BCUT2D eigenvalue weighted by Gasteiger charge is 2.25. The molecule has 4 rings (SSSR count). The van der Waals surface area contributed by atoms with Gasteiger partial charge < -0.3 is 10.2 Å². The number of benzene rings is 1. The standard InChI is InChI=1S/C21H24F2N6O/c1-12(2)28-8-6-13(7-9-28)29-18-11-25-16(10-17(18)26-27-29)14-4-5-15(21(30)24-3)20(23)19(14)22/h4-5,10-13H,6-9H2,1-3H3,(H,24,30). The molecule has 2 aromatic heterocycles. The number of likely N-dealkylation sites (tertiary alicyclic amines) is 1. The molecular weight excluding hydrogens is 390 g/mol. The van der Waals surface area contributed by atoms with Gasteiger partial charge in [0.2, 0.25) is 0 Å². The molecule has 1 aliphatic heterocycles. The molecule has 7 nitrogen and oxygen atoms in total. The number of hydrogen-bond donors (Lipinski definition) is 1. The number of piperidine rings is 1. The lowest BCUT2D eigenvalue weighted by Gasteiger charge is -2.34. The van der Waals surface area contributed by atoms with Crippen molar-refractivity contribution in [2.45, 2.75) is 38.8 Å². The Morgan fingerprint density at radius 1 is 1.20 bits per heavy atom. The van der Waals surface area contributed by atoms with Crippen molar-refractivity contribution in [2.75, 3.05) is 20.1 Å². The van der Waals surface area contributed by atoms with Crippen LogP contribution >= 0.6 is 0 Å². The summed E-state index contributed by atoms with van der Waals surface area (Å²) in [5, 5.41) is 10.8. The molecule has 0 spiro atoms. The van der Waals surface area contributed by atoms with E-state index in [9.17, 15) is 13.6 Å². The quantitative estimate of drug-likeness (QED) is 0.710. The maximum atomic E-state index is 14.6. The first-order valence-corrected chi connectivity index (χ1v) is 10.1. The SMILES string of the molecule is CNC(=O)c1ccc(-c2cc3nnn(C4CCN(C(C)C)CC4)c3cn2)c(F)c1F. The van der Waals surface area contributed by atoms with Crippen LogP contribution in [0, 0.1) is 11.6 Å². The number of amides is 1. The highest BCUT2D eigenvalue weighted by molar-refractivity contribution is 5.95. The van der Waals surface area contributed by atoms with E-state index in [0.29, 0.717) is 11.6 Å². The van der Waals surface area contributed by atoms with Gasteiger partial charge in [0.15, 0.2) is 11.6 Å². The second-order valence-electron chi connectivity index (χ2n) is 7.82. The van der Waals surface area contributed by atoms with Crippen LogP contribution < -0.4 is 5.32 Å². The summed E-state index contributed by atoms with van der Waals surface area (Å²) in [4.78, 5) is 18.4. The van der Waals surface area contributed by atoms with Gasteiger partial charge in [0.25, 0.3) is 5.91 Å². The zero-order valence-corrected chi connectivity index (χ0v) is 17.2. The number of carbonyl (C=O) groups is 1. The van der Waals surface area contributed by atoms with E-state index in [2.05, 4.69) is 39.4 Å². The number of carbonyl (C=O) groups excluding carboxylic acids is 1. The van der Waals surface area contributed by atoms with Gasteiger partial charge in [-0.2, -0.15) is 0 Å². The third-order valence-corrected chi connectivity index (χ3v) is 5.76. The van der Waals surface area contributed by atoms with E-state index >= 15 is 0 Å². The molecule has 158 valence electrons. The minimum absolute atomic E-state index is 0.0261. The summed E-state index contributed by atoms with van der Waals surface area (Å²) in [6.45, 7) is 6.38. The Morgan fingerprint density at radius 2 is 1.93 bits per heavy atom. The number of rotatable bonds is 4. The molecule has 1 saturated heterocycles. The summed E-state index contributed by atoms with van der Waals surface area (Å²) >= 11 is 0. The van der Waals surface area contributed by atoms with Crippen LogP contribution in [0.3, 0.4) is 0 Å². The van der Waals surface area contributed by atoms with Gasteiger partial charge >= 0.3 is 0 Å². The van der Waals surface area contributed by atoms with E-state index in [1.807, 2.05) is 4.68 Å². The number of aromatic nitrogens is 4. The summed E-state index contributed by atoms with van der Waals surface area (Å²) in [6.07, 6.45) is 3.54. The van der Waals surface area contributed by atoms with E-state index in [1.54, 1.807) is 12.3 Å².